The molecule has 0 atom stereocenters. The van der Waals surface area contributed by atoms with Crippen LogP contribution in [-0.2, 0) is 9.59 Å². The number of aromatic hydroxyl groups is 2. The van der Waals surface area contributed by atoms with Gasteiger partial charge in [-0.15, -0.1) is 0 Å². The van der Waals surface area contributed by atoms with Crippen molar-refractivity contribution in [3.8, 4) is 11.5 Å². The smallest absolute Gasteiger partial charge is 0.282 e. The minimum Gasteiger partial charge on any atom is -0.508 e. The fraction of sp³-hybridized carbons (Fsp3) is 0. The number of carbonyl (C=O) groups excluding carboxylic acids is 2. The summed E-state index contributed by atoms with van der Waals surface area (Å²) in [6.07, 6.45) is 1.29. The molecule has 116 valence electrons. The molecule has 1 fully saturated rings. The van der Waals surface area contributed by atoms with Gasteiger partial charge >= 0.3 is 0 Å². The third-order valence-electron chi connectivity index (χ3n) is 3.29. The molecule has 0 saturated carbocycles. The second-order valence-corrected chi connectivity index (χ2v) is 6.10. The lowest BCUT2D eigenvalue weighted by molar-refractivity contribution is -0.117. The summed E-state index contributed by atoms with van der Waals surface area (Å²) in [4.78, 5) is 24.5. The van der Waals surface area contributed by atoms with E-state index in [0.717, 1.165) is 14.6 Å². The number of amides is 2. The Morgan fingerprint density at radius 3 is 2.39 bits per heavy atom. The molecule has 0 aromatic heterocycles. The van der Waals surface area contributed by atoms with Crippen LogP contribution in [0, 0.1) is 3.57 Å². The zero-order valence-electron chi connectivity index (χ0n) is 11.7. The first-order valence-corrected chi connectivity index (χ1v) is 7.68. The second kappa shape index (κ2) is 5.92. The quantitative estimate of drug-likeness (QED) is 0.393. The van der Waals surface area contributed by atoms with Gasteiger partial charge in [0.15, 0.2) is 0 Å². The van der Waals surface area contributed by atoms with E-state index in [2.05, 4.69) is 28.0 Å². The molecule has 0 unspecified atom stereocenters. The number of halogens is 1. The number of nitrogens with one attached hydrogen (secondary N) is 1. The summed E-state index contributed by atoms with van der Waals surface area (Å²) in [7, 11) is 0. The van der Waals surface area contributed by atoms with Gasteiger partial charge in [0, 0.05) is 15.2 Å². The molecule has 3 rings (SSSR count). The van der Waals surface area contributed by atoms with Crippen molar-refractivity contribution in [3.63, 3.8) is 0 Å². The number of nitrogens with zero attached hydrogens (tertiary/aromatic N) is 1. The average Bonchev–Trinajstić information content (AvgIpc) is 2.78. The van der Waals surface area contributed by atoms with Gasteiger partial charge in [-0.1, -0.05) is 0 Å². The maximum atomic E-state index is 12.4. The molecule has 0 spiro atoms. The fourth-order valence-corrected chi connectivity index (χ4v) is 2.50. The molecule has 0 bridgehead atoms. The summed E-state index contributed by atoms with van der Waals surface area (Å²) in [6.45, 7) is 0. The van der Waals surface area contributed by atoms with Gasteiger partial charge in [-0.05, 0) is 65.1 Å². The number of hydrogen-bond acceptors (Lipinski definition) is 4. The first-order valence-electron chi connectivity index (χ1n) is 6.60. The number of rotatable bonds is 2. The molecular formula is C16H11IN2O4. The van der Waals surface area contributed by atoms with Crippen molar-refractivity contribution in [2.24, 2.45) is 0 Å². The fourth-order valence-electron chi connectivity index (χ4n) is 2.14. The molecule has 2 aromatic rings. The predicted molar refractivity (Wildman–Crippen MR) is 92.5 cm³/mol. The van der Waals surface area contributed by atoms with Crippen LogP contribution in [-0.4, -0.2) is 22.0 Å². The van der Waals surface area contributed by atoms with Gasteiger partial charge in [0.25, 0.3) is 11.8 Å². The molecule has 6 nitrogen and oxygen atoms in total. The highest BCUT2D eigenvalue weighted by Gasteiger charge is 2.34. The lowest BCUT2D eigenvalue weighted by Gasteiger charge is -2.14. The number of hydrogen-bond donors (Lipinski definition) is 3. The van der Waals surface area contributed by atoms with Gasteiger partial charge < -0.3 is 10.2 Å². The van der Waals surface area contributed by atoms with Crippen LogP contribution in [0.15, 0.2) is 48.0 Å². The minimum absolute atomic E-state index is 0.0930. The van der Waals surface area contributed by atoms with Gasteiger partial charge in [-0.2, -0.15) is 0 Å². The van der Waals surface area contributed by atoms with Crippen LogP contribution in [0.2, 0.25) is 0 Å². The maximum Gasteiger partial charge on any atom is 0.282 e. The maximum absolute atomic E-state index is 12.4. The van der Waals surface area contributed by atoms with Crippen molar-refractivity contribution in [3.05, 3.63) is 57.2 Å². The van der Waals surface area contributed by atoms with Crippen molar-refractivity contribution >= 4 is 46.2 Å². The average molecular weight is 422 g/mol. The number of hydrazine groups is 1. The van der Waals surface area contributed by atoms with E-state index >= 15 is 0 Å². The zero-order chi connectivity index (χ0) is 16.6. The predicted octanol–water partition coefficient (Wildman–Crippen LogP) is 2.16. The first-order chi connectivity index (χ1) is 11.0. The Balaban J connectivity index is 1.95. The molecule has 0 aliphatic carbocycles. The van der Waals surface area contributed by atoms with Crippen molar-refractivity contribution in [2.75, 3.05) is 5.01 Å². The van der Waals surface area contributed by atoms with Crippen LogP contribution in [0.1, 0.15) is 5.56 Å². The first kappa shape index (κ1) is 15.3. The summed E-state index contributed by atoms with van der Waals surface area (Å²) >= 11 is 2.14. The van der Waals surface area contributed by atoms with Crippen molar-refractivity contribution < 1.29 is 19.8 Å². The summed E-state index contributed by atoms with van der Waals surface area (Å²) in [5, 5.41) is 20.2. The highest BCUT2D eigenvalue weighted by atomic mass is 127. The molecular weight excluding hydrogens is 411 g/mol. The highest BCUT2D eigenvalue weighted by Crippen LogP contribution is 2.27. The summed E-state index contributed by atoms with van der Waals surface area (Å²) in [5.74, 6) is -1.39. The number of phenolic OH excluding ortho intramolecular Hbond substituents is 2. The Morgan fingerprint density at radius 1 is 1.04 bits per heavy atom. The van der Waals surface area contributed by atoms with E-state index in [9.17, 15) is 19.8 Å². The van der Waals surface area contributed by atoms with E-state index < -0.39 is 11.8 Å². The molecule has 1 aliphatic heterocycles. The van der Waals surface area contributed by atoms with E-state index in [1.165, 1.54) is 18.2 Å². The summed E-state index contributed by atoms with van der Waals surface area (Å²) < 4.78 is 1.01. The highest BCUT2D eigenvalue weighted by molar-refractivity contribution is 14.1. The molecule has 7 heteroatoms. The van der Waals surface area contributed by atoms with E-state index in [0.29, 0.717) is 5.69 Å². The molecule has 2 amide bonds. The summed E-state index contributed by atoms with van der Waals surface area (Å²) in [5.41, 5.74) is 3.20. The van der Waals surface area contributed by atoms with E-state index in [1.54, 1.807) is 12.1 Å². The monoisotopic (exact) mass is 422 g/mol. The lowest BCUT2D eigenvalue weighted by Crippen LogP contribution is -2.35. The Labute approximate surface area is 145 Å². The lowest BCUT2D eigenvalue weighted by atomic mass is 10.1. The van der Waals surface area contributed by atoms with Crippen LogP contribution in [0.25, 0.3) is 6.08 Å². The number of carbonyl (C=O) groups is 2. The second-order valence-electron chi connectivity index (χ2n) is 4.86. The van der Waals surface area contributed by atoms with Crippen molar-refractivity contribution in [1.29, 1.82) is 0 Å². The zero-order valence-corrected chi connectivity index (χ0v) is 13.8. The van der Waals surface area contributed by atoms with Gasteiger partial charge in [0.05, 0.1) is 5.69 Å². The molecule has 1 heterocycles. The number of benzene rings is 2. The topological polar surface area (TPSA) is 89.9 Å². The van der Waals surface area contributed by atoms with Crippen LogP contribution in [0.5, 0.6) is 11.5 Å². The Bertz CT molecular complexity index is 830. The SMILES string of the molecule is O=C1NN(c2ccc(I)cc2)C(=O)/C1=C\c1ccc(O)cc1O. The minimum atomic E-state index is -0.555. The van der Waals surface area contributed by atoms with Crippen LogP contribution >= 0.6 is 22.6 Å². The van der Waals surface area contributed by atoms with Crippen LogP contribution < -0.4 is 10.4 Å². The number of phenols is 2. The molecule has 1 saturated heterocycles. The van der Waals surface area contributed by atoms with Gasteiger partial charge in [0.2, 0.25) is 0 Å². The molecule has 2 aromatic carbocycles. The van der Waals surface area contributed by atoms with E-state index in [4.69, 9.17) is 0 Å². The van der Waals surface area contributed by atoms with E-state index in [1.807, 2.05) is 12.1 Å². The molecule has 1 aliphatic rings. The summed E-state index contributed by atoms with van der Waals surface area (Å²) in [6, 6.07) is 11.0. The Kier molecular flexibility index (Phi) is 3.95. The van der Waals surface area contributed by atoms with Crippen LogP contribution in [0.3, 0.4) is 0 Å². The third kappa shape index (κ3) is 3.00. The van der Waals surface area contributed by atoms with Crippen LogP contribution in [0.4, 0.5) is 5.69 Å². The molecule has 23 heavy (non-hydrogen) atoms. The molecule has 0 radical (unpaired) electrons. The normalized spacial score (nSPS) is 16.0. The largest absolute Gasteiger partial charge is 0.508 e. The van der Waals surface area contributed by atoms with Gasteiger partial charge in [-0.25, -0.2) is 5.01 Å². The van der Waals surface area contributed by atoms with Crippen molar-refractivity contribution in [2.45, 2.75) is 0 Å². The van der Waals surface area contributed by atoms with Gasteiger partial charge in [-0.3, -0.25) is 15.0 Å². The van der Waals surface area contributed by atoms with Gasteiger partial charge in [0.1, 0.15) is 17.1 Å². The van der Waals surface area contributed by atoms with Crippen molar-refractivity contribution in [1.82, 2.24) is 5.43 Å². The Hall–Kier alpha value is -2.55. The third-order valence-corrected chi connectivity index (χ3v) is 4.01. The standard InChI is InChI=1S/C16H11IN2O4/c17-10-2-4-11(5-3-10)19-16(23)13(15(22)18-19)7-9-1-6-12(20)8-14(9)21/h1-8,20-21H,(H,18,22)/b13-7-. The van der Waals surface area contributed by atoms with E-state index in [-0.39, 0.29) is 22.6 Å². The molecule has 3 N–H and O–H groups in total. The Morgan fingerprint density at radius 2 is 1.74 bits per heavy atom. The number of anilines is 1.